The standard InChI is InChI=1S/C15H24N2S/c1-5-11(2)9-17(4)10-14-7-6-13(15(16)18)8-12(14)3/h6-8,11H,5,9-10H2,1-4H3,(H2,16,18). The molecule has 0 heterocycles. The van der Waals surface area contributed by atoms with Gasteiger partial charge in [-0.15, -0.1) is 0 Å². The number of thiocarbonyl (C=S) groups is 1. The number of benzene rings is 1. The van der Waals surface area contributed by atoms with E-state index in [2.05, 4.69) is 44.9 Å². The van der Waals surface area contributed by atoms with Gasteiger partial charge in [0.1, 0.15) is 4.99 Å². The number of hydrogen-bond acceptors (Lipinski definition) is 2. The van der Waals surface area contributed by atoms with Crippen molar-refractivity contribution in [1.82, 2.24) is 4.90 Å². The fourth-order valence-corrected chi connectivity index (χ4v) is 2.17. The summed E-state index contributed by atoms with van der Waals surface area (Å²) >= 11 is 4.99. The predicted molar refractivity (Wildman–Crippen MR) is 82.9 cm³/mol. The summed E-state index contributed by atoms with van der Waals surface area (Å²) in [6, 6.07) is 6.23. The molecule has 1 atom stereocenters. The molecule has 2 N–H and O–H groups in total. The minimum atomic E-state index is 0.470. The average molecular weight is 264 g/mol. The van der Waals surface area contributed by atoms with Crippen LogP contribution in [0.3, 0.4) is 0 Å². The highest BCUT2D eigenvalue weighted by atomic mass is 32.1. The third-order valence-electron chi connectivity index (χ3n) is 3.39. The normalized spacial score (nSPS) is 12.7. The van der Waals surface area contributed by atoms with Crippen LogP contribution in [0.1, 0.15) is 37.0 Å². The fourth-order valence-electron chi connectivity index (χ4n) is 2.04. The van der Waals surface area contributed by atoms with E-state index in [9.17, 15) is 0 Å². The van der Waals surface area contributed by atoms with E-state index in [1.54, 1.807) is 0 Å². The molecule has 0 aromatic heterocycles. The number of aryl methyl sites for hydroxylation is 1. The predicted octanol–water partition coefficient (Wildman–Crippen LogP) is 3.11. The van der Waals surface area contributed by atoms with Crippen LogP contribution in [0.25, 0.3) is 0 Å². The Labute approximate surface area is 116 Å². The molecule has 0 aliphatic rings. The number of nitrogens with two attached hydrogens (primary N) is 1. The molecule has 2 nitrogen and oxygen atoms in total. The van der Waals surface area contributed by atoms with Gasteiger partial charge < -0.3 is 10.6 Å². The average Bonchev–Trinajstić information content (AvgIpc) is 2.31. The van der Waals surface area contributed by atoms with Gasteiger partial charge in [0.05, 0.1) is 0 Å². The first-order valence-electron chi connectivity index (χ1n) is 6.52. The summed E-state index contributed by atoms with van der Waals surface area (Å²) in [7, 11) is 2.17. The Morgan fingerprint density at radius 1 is 1.44 bits per heavy atom. The topological polar surface area (TPSA) is 29.3 Å². The molecule has 0 aliphatic carbocycles. The van der Waals surface area contributed by atoms with E-state index in [-0.39, 0.29) is 0 Å². The van der Waals surface area contributed by atoms with Crippen LogP contribution in [0, 0.1) is 12.8 Å². The van der Waals surface area contributed by atoms with Gasteiger partial charge in [-0.2, -0.15) is 0 Å². The van der Waals surface area contributed by atoms with E-state index in [4.69, 9.17) is 18.0 Å². The van der Waals surface area contributed by atoms with Crippen LogP contribution in [0.2, 0.25) is 0 Å². The van der Waals surface area contributed by atoms with Crippen LogP contribution in [-0.2, 0) is 6.54 Å². The number of hydrogen-bond donors (Lipinski definition) is 1. The third kappa shape index (κ3) is 4.39. The lowest BCUT2D eigenvalue weighted by Crippen LogP contribution is -2.24. The number of nitrogens with zero attached hydrogens (tertiary/aromatic N) is 1. The second kappa shape index (κ2) is 6.86. The Morgan fingerprint density at radius 3 is 2.61 bits per heavy atom. The van der Waals surface area contributed by atoms with Gasteiger partial charge in [0, 0.05) is 18.7 Å². The van der Waals surface area contributed by atoms with Crippen LogP contribution >= 0.6 is 12.2 Å². The molecule has 0 spiro atoms. The molecule has 0 amide bonds. The van der Waals surface area contributed by atoms with Gasteiger partial charge in [0.25, 0.3) is 0 Å². The first-order valence-corrected chi connectivity index (χ1v) is 6.92. The van der Waals surface area contributed by atoms with Gasteiger partial charge in [-0.05, 0) is 37.1 Å². The van der Waals surface area contributed by atoms with E-state index < -0.39 is 0 Å². The first-order chi connectivity index (χ1) is 8.43. The maximum Gasteiger partial charge on any atom is 0.103 e. The smallest absolute Gasteiger partial charge is 0.103 e. The molecule has 0 bridgehead atoms. The summed E-state index contributed by atoms with van der Waals surface area (Å²) in [4.78, 5) is 2.84. The van der Waals surface area contributed by atoms with Crippen molar-refractivity contribution in [3.8, 4) is 0 Å². The highest BCUT2D eigenvalue weighted by Crippen LogP contribution is 2.14. The first kappa shape index (κ1) is 15.1. The van der Waals surface area contributed by atoms with Crippen molar-refractivity contribution in [3.05, 3.63) is 34.9 Å². The van der Waals surface area contributed by atoms with Crippen molar-refractivity contribution in [3.63, 3.8) is 0 Å². The SMILES string of the molecule is CCC(C)CN(C)Cc1ccc(C(N)=S)cc1C. The molecule has 0 aliphatic heterocycles. The lowest BCUT2D eigenvalue weighted by Gasteiger charge is -2.21. The van der Waals surface area contributed by atoms with E-state index in [0.29, 0.717) is 4.99 Å². The van der Waals surface area contributed by atoms with Crippen molar-refractivity contribution in [2.24, 2.45) is 11.7 Å². The van der Waals surface area contributed by atoms with Gasteiger partial charge in [-0.25, -0.2) is 0 Å². The third-order valence-corrected chi connectivity index (χ3v) is 3.62. The van der Waals surface area contributed by atoms with Crippen molar-refractivity contribution in [2.45, 2.75) is 33.7 Å². The second-order valence-corrected chi connectivity index (χ2v) is 5.66. The zero-order valence-corrected chi connectivity index (χ0v) is 12.7. The Balaban J connectivity index is 2.70. The minimum absolute atomic E-state index is 0.470. The summed E-state index contributed by atoms with van der Waals surface area (Å²) in [5.41, 5.74) is 9.20. The van der Waals surface area contributed by atoms with Crippen molar-refractivity contribution in [1.29, 1.82) is 0 Å². The Kier molecular flexibility index (Phi) is 5.76. The summed E-state index contributed by atoms with van der Waals surface area (Å²) in [5, 5.41) is 0. The van der Waals surface area contributed by atoms with Gasteiger partial charge in [-0.3, -0.25) is 0 Å². The van der Waals surface area contributed by atoms with E-state index in [1.165, 1.54) is 17.5 Å². The summed E-state index contributed by atoms with van der Waals surface area (Å²) in [6.45, 7) is 8.76. The van der Waals surface area contributed by atoms with Crippen molar-refractivity contribution in [2.75, 3.05) is 13.6 Å². The molecular formula is C15H24N2S. The molecule has 0 radical (unpaired) electrons. The molecule has 100 valence electrons. The largest absolute Gasteiger partial charge is 0.389 e. The molecule has 0 fully saturated rings. The second-order valence-electron chi connectivity index (χ2n) is 5.22. The molecule has 1 unspecified atom stereocenters. The lowest BCUT2D eigenvalue weighted by molar-refractivity contribution is 0.275. The lowest BCUT2D eigenvalue weighted by atomic mass is 10.0. The highest BCUT2D eigenvalue weighted by molar-refractivity contribution is 7.80. The molecule has 18 heavy (non-hydrogen) atoms. The van der Waals surface area contributed by atoms with E-state index in [0.717, 1.165) is 24.6 Å². The summed E-state index contributed by atoms with van der Waals surface area (Å²) in [5.74, 6) is 0.742. The summed E-state index contributed by atoms with van der Waals surface area (Å²) < 4.78 is 0. The van der Waals surface area contributed by atoms with E-state index >= 15 is 0 Å². The Bertz CT molecular complexity index is 415. The molecule has 1 aromatic carbocycles. The monoisotopic (exact) mass is 264 g/mol. The van der Waals surface area contributed by atoms with Crippen LogP contribution in [-0.4, -0.2) is 23.5 Å². The molecule has 1 aromatic rings. The van der Waals surface area contributed by atoms with Gasteiger partial charge in [0.15, 0.2) is 0 Å². The van der Waals surface area contributed by atoms with Crippen molar-refractivity contribution >= 4 is 17.2 Å². The molecule has 1 rings (SSSR count). The van der Waals surface area contributed by atoms with Crippen LogP contribution in [0.4, 0.5) is 0 Å². The molecular weight excluding hydrogens is 240 g/mol. The maximum absolute atomic E-state index is 5.64. The van der Waals surface area contributed by atoms with Gasteiger partial charge >= 0.3 is 0 Å². The fraction of sp³-hybridized carbons (Fsp3) is 0.533. The Morgan fingerprint density at radius 2 is 2.11 bits per heavy atom. The Hall–Kier alpha value is -0.930. The highest BCUT2D eigenvalue weighted by Gasteiger charge is 2.08. The molecule has 0 saturated carbocycles. The molecule has 0 saturated heterocycles. The van der Waals surface area contributed by atoms with Crippen molar-refractivity contribution < 1.29 is 0 Å². The zero-order valence-electron chi connectivity index (χ0n) is 11.9. The minimum Gasteiger partial charge on any atom is -0.389 e. The van der Waals surface area contributed by atoms with Crippen LogP contribution < -0.4 is 5.73 Å². The molecule has 3 heteroatoms. The van der Waals surface area contributed by atoms with E-state index in [1.807, 2.05) is 6.07 Å². The van der Waals surface area contributed by atoms with Crippen LogP contribution in [0.15, 0.2) is 18.2 Å². The maximum atomic E-state index is 5.64. The number of rotatable bonds is 6. The van der Waals surface area contributed by atoms with Gasteiger partial charge in [0.2, 0.25) is 0 Å². The van der Waals surface area contributed by atoms with Gasteiger partial charge in [-0.1, -0.05) is 44.6 Å². The zero-order chi connectivity index (χ0) is 13.7. The summed E-state index contributed by atoms with van der Waals surface area (Å²) in [6.07, 6.45) is 1.23. The van der Waals surface area contributed by atoms with Crippen LogP contribution in [0.5, 0.6) is 0 Å². The quantitative estimate of drug-likeness (QED) is 0.801.